The van der Waals surface area contributed by atoms with Gasteiger partial charge in [-0.3, -0.25) is 4.79 Å². The highest BCUT2D eigenvalue weighted by molar-refractivity contribution is 6.30. The second-order valence-corrected chi connectivity index (χ2v) is 7.22. The van der Waals surface area contributed by atoms with Crippen LogP contribution in [0.4, 0.5) is 0 Å². The molecule has 0 aliphatic carbocycles. The van der Waals surface area contributed by atoms with Crippen LogP contribution in [-0.2, 0) is 0 Å². The molecule has 3 aromatic rings. The highest BCUT2D eigenvalue weighted by Gasteiger charge is 2.36. The van der Waals surface area contributed by atoms with Crippen molar-refractivity contribution in [1.29, 1.82) is 0 Å². The van der Waals surface area contributed by atoms with E-state index in [0.29, 0.717) is 52.6 Å². The third-order valence-electron chi connectivity index (χ3n) is 4.95. The molecule has 0 saturated carbocycles. The van der Waals surface area contributed by atoms with Crippen LogP contribution in [0.3, 0.4) is 0 Å². The third-order valence-corrected chi connectivity index (χ3v) is 5.19. The predicted molar refractivity (Wildman–Crippen MR) is 109 cm³/mol. The summed E-state index contributed by atoms with van der Waals surface area (Å²) < 4.78 is 21.4. The van der Waals surface area contributed by atoms with E-state index in [9.17, 15) is 4.79 Å². The van der Waals surface area contributed by atoms with Crippen molar-refractivity contribution in [2.75, 3.05) is 34.4 Å². The van der Waals surface area contributed by atoms with E-state index in [4.69, 9.17) is 30.3 Å². The molecule has 30 heavy (non-hydrogen) atoms. The maximum Gasteiger partial charge on any atom is 0.254 e. The molecule has 156 valence electrons. The molecule has 2 heterocycles. The number of carbonyl (C=O) groups is 1. The largest absolute Gasteiger partial charge is 0.493 e. The number of nitrogens with zero attached hydrogens (tertiary/aromatic N) is 3. The molecule has 9 heteroatoms. The second kappa shape index (κ2) is 8.23. The van der Waals surface area contributed by atoms with Crippen LogP contribution in [0.5, 0.6) is 17.2 Å². The smallest absolute Gasteiger partial charge is 0.254 e. The van der Waals surface area contributed by atoms with Gasteiger partial charge in [0.2, 0.25) is 17.5 Å². The zero-order chi connectivity index (χ0) is 21.3. The molecule has 0 atom stereocenters. The van der Waals surface area contributed by atoms with Crippen LogP contribution in [0, 0.1) is 0 Å². The maximum atomic E-state index is 12.9. The quantitative estimate of drug-likeness (QED) is 0.591. The van der Waals surface area contributed by atoms with E-state index < -0.39 is 0 Å². The van der Waals surface area contributed by atoms with Gasteiger partial charge in [-0.2, -0.15) is 4.98 Å². The van der Waals surface area contributed by atoms with Crippen molar-refractivity contribution in [2.45, 2.75) is 5.92 Å². The van der Waals surface area contributed by atoms with Crippen LogP contribution in [0.1, 0.15) is 22.2 Å². The molecule has 8 nitrogen and oxygen atoms in total. The Balaban J connectivity index is 1.46. The number of benzene rings is 2. The van der Waals surface area contributed by atoms with Crippen LogP contribution >= 0.6 is 11.6 Å². The fraction of sp³-hybridized carbons (Fsp3) is 0.286. The van der Waals surface area contributed by atoms with Crippen LogP contribution in [0.15, 0.2) is 40.9 Å². The van der Waals surface area contributed by atoms with Gasteiger partial charge in [0.1, 0.15) is 0 Å². The summed E-state index contributed by atoms with van der Waals surface area (Å²) in [7, 11) is 4.54. The summed E-state index contributed by atoms with van der Waals surface area (Å²) in [5.74, 6) is 2.12. The molecule has 4 rings (SSSR count). The van der Waals surface area contributed by atoms with Crippen LogP contribution in [0.2, 0.25) is 5.02 Å². The van der Waals surface area contributed by atoms with Gasteiger partial charge < -0.3 is 23.6 Å². The molecule has 1 amide bonds. The van der Waals surface area contributed by atoms with Gasteiger partial charge in [0.25, 0.3) is 5.91 Å². The summed E-state index contributed by atoms with van der Waals surface area (Å²) in [5.41, 5.74) is 1.23. The molecule has 1 aliphatic rings. The Kier molecular flexibility index (Phi) is 5.50. The van der Waals surface area contributed by atoms with Crippen molar-refractivity contribution >= 4 is 17.5 Å². The average Bonchev–Trinajstić information content (AvgIpc) is 3.21. The van der Waals surface area contributed by atoms with Gasteiger partial charge in [-0.15, -0.1) is 0 Å². The molecule has 0 spiro atoms. The average molecular weight is 430 g/mol. The lowest BCUT2D eigenvalue weighted by molar-refractivity contribution is 0.0568. The molecule has 1 aromatic heterocycles. The number of carbonyl (C=O) groups excluding carboxylic acids is 1. The molecular formula is C21H20ClN3O5. The van der Waals surface area contributed by atoms with E-state index in [1.165, 1.54) is 21.3 Å². The summed E-state index contributed by atoms with van der Waals surface area (Å²) in [6.45, 7) is 0.958. The summed E-state index contributed by atoms with van der Waals surface area (Å²) >= 11 is 6.02. The molecule has 1 saturated heterocycles. The Hall–Kier alpha value is -3.26. The minimum Gasteiger partial charge on any atom is -0.493 e. The van der Waals surface area contributed by atoms with Gasteiger partial charge in [0.05, 0.1) is 27.2 Å². The van der Waals surface area contributed by atoms with Gasteiger partial charge in [0, 0.05) is 29.2 Å². The number of halogens is 1. The summed E-state index contributed by atoms with van der Waals surface area (Å²) in [6.07, 6.45) is 0. The molecular weight excluding hydrogens is 410 g/mol. The van der Waals surface area contributed by atoms with Crippen molar-refractivity contribution in [3.8, 4) is 28.6 Å². The molecule has 2 aromatic carbocycles. The van der Waals surface area contributed by atoms with Crippen molar-refractivity contribution < 1.29 is 23.5 Å². The van der Waals surface area contributed by atoms with Gasteiger partial charge in [-0.1, -0.05) is 28.9 Å². The lowest BCUT2D eigenvalue weighted by Crippen LogP contribution is -2.48. The lowest BCUT2D eigenvalue weighted by atomic mass is 9.98. The zero-order valence-electron chi connectivity index (χ0n) is 16.7. The number of hydrogen-bond acceptors (Lipinski definition) is 7. The van der Waals surface area contributed by atoms with Crippen LogP contribution < -0.4 is 14.2 Å². The molecule has 0 bridgehead atoms. The standard InChI is InChI=1S/C21H20ClN3O5/c1-27-16-8-13(9-17(28-2)18(16)29-3)21(26)25-10-14(11-25)20-23-19(24-30-20)12-5-4-6-15(22)7-12/h4-9,14H,10-11H2,1-3H3. The highest BCUT2D eigenvalue weighted by atomic mass is 35.5. The summed E-state index contributed by atoms with van der Waals surface area (Å²) in [4.78, 5) is 19.1. The number of aromatic nitrogens is 2. The Bertz CT molecular complexity index is 1050. The number of ether oxygens (including phenoxy) is 3. The number of methoxy groups -OCH3 is 3. The monoisotopic (exact) mass is 429 g/mol. The number of amides is 1. The van der Waals surface area contributed by atoms with Crippen molar-refractivity contribution in [3.05, 3.63) is 52.9 Å². The molecule has 0 radical (unpaired) electrons. The third kappa shape index (κ3) is 3.66. The van der Waals surface area contributed by atoms with Crippen LogP contribution in [-0.4, -0.2) is 55.4 Å². The number of likely N-dealkylation sites (tertiary alicyclic amines) is 1. The Morgan fingerprint density at radius 3 is 2.40 bits per heavy atom. The minimum absolute atomic E-state index is 0.0172. The zero-order valence-corrected chi connectivity index (χ0v) is 17.5. The first-order chi connectivity index (χ1) is 14.5. The molecule has 0 unspecified atom stereocenters. The van der Waals surface area contributed by atoms with Crippen LogP contribution in [0.25, 0.3) is 11.4 Å². The number of rotatable bonds is 6. The molecule has 0 N–H and O–H groups in total. The highest BCUT2D eigenvalue weighted by Crippen LogP contribution is 2.39. The van der Waals surface area contributed by atoms with E-state index in [1.54, 1.807) is 29.2 Å². The molecule has 1 aliphatic heterocycles. The predicted octanol–water partition coefficient (Wildman–Crippen LogP) is 3.66. The van der Waals surface area contributed by atoms with Gasteiger partial charge in [0.15, 0.2) is 11.5 Å². The van der Waals surface area contributed by atoms with Gasteiger partial charge >= 0.3 is 0 Å². The minimum atomic E-state index is -0.139. The van der Waals surface area contributed by atoms with Crippen molar-refractivity contribution in [3.63, 3.8) is 0 Å². The Morgan fingerprint density at radius 2 is 1.80 bits per heavy atom. The molecule has 1 fully saturated rings. The van der Waals surface area contributed by atoms with E-state index in [-0.39, 0.29) is 11.8 Å². The SMILES string of the molecule is COc1cc(C(=O)N2CC(c3nc(-c4cccc(Cl)c4)no3)C2)cc(OC)c1OC. The number of hydrogen-bond donors (Lipinski definition) is 0. The summed E-state index contributed by atoms with van der Waals surface area (Å²) in [6, 6.07) is 10.5. The van der Waals surface area contributed by atoms with Crippen molar-refractivity contribution in [1.82, 2.24) is 15.0 Å². The Labute approximate surface area is 178 Å². The maximum absolute atomic E-state index is 12.9. The van der Waals surface area contributed by atoms with E-state index in [0.717, 1.165) is 5.56 Å². The first kappa shape index (κ1) is 20.0. The fourth-order valence-corrected chi connectivity index (χ4v) is 3.52. The van der Waals surface area contributed by atoms with E-state index in [1.807, 2.05) is 12.1 Å². The second-order valence-electron chi connectivity index (χ2n) is 6.79. The lowest BCUT2D eigenvalue weighted by Gasteiger charge is -2.37. The fourth-order valence-electron chi connectivity index (χ4n) is 3.33. The van der Waals surface area contributed by atoms with E-state index in [2.05, 4.69) is 10.1 Å². The summed E-state index contributed by atoms with van der Waals surface area (Å²) in [5, 5.41) is 4.63. The topological polar surface area (TPSA) is 86.9 Å². The normalized spacial score (nSPS) is 13.7. The first-order valence-electron chi connectivity index (χ1n) is 9.23. The van der Waals surface area contributed by atoms with Gasteiger partial charge in [-0.05, 0) is 24.3 Å². The van der Waals surface area contributed by atoms with Gasteiger partial charge in [-0.25, -0.2) is 0 Å². The first-order valence-corrected chi connectivity index (χ1v) is 9.60. The Morgan fingerprint density at radius 1 is 1.10 bits per heavy atom. The van der Waals surface area contributed by atoms with Crippen molar-refractivity contribution in [2.24, 2.45) is 0 Å². The van der Waals surface area contributed by atoms with E-state index >= 15 is 0 Å².